The van der Waals surface area contributed by atoms with E-state index in [4.69, 9.17) is 19.9 Å². The second-order valence-corrected chi connectivity index (χ2v) is 8.32. The monoisotopic (exact) mass is 398 g/mol. The van der Waals surface area contributed by atoms with Crippen molar-refractivity contribution < 1.29 is 19.0 Å². The van der Waals surface area contributed by atoms with Crippen molar-refractivity contribution >= 4 is 6.09 Å². The molecule has 1 saturated heterocycles. The first-order valence-electron chi connectivity index (χ1n) is 10.1. The third kappa shape index (κ3) is 5.34. The van der Waals surface area contributed by atoms with Crippen molar-refractivity contribution in [1.29, 1.82) is 0 Å². The molecule has 2 N–H and O–H groups in total. The van der Waals surface area contributed by atoms with Crippen LogP contribution in [-0.2, 0) is 27.1 Å². The summed E-state index contributed by atoms with van der Waals surface area (Å²) in [7, 11) is 0. The van der Waals surface area contributed by atoms with E-state index < -0.39 is 11.7 Å². The van der Waals surface area contributed by atoms with Crippen molar-refractivity contribution in [3.63, 3.8) is 0 Å². The Balaban J connectivity index is 1.78. The van der Waals surface area contributed by atoms with Crippen LogP contribution in [0.5, 0.6) is 5.88 Å². The molecule has 3 rings (SSSR count). The lowest BCUT2D eigenvalue weighted by Crippen LogP contribution is -2.30. The third-order valence-electron chi connectivity index (χ3n) is 5.49. The number of carbonyl (C=O) groups is 1. The maximum Gasteiger partial charge on any atom is 0.411 e. The number of pyridine rings is 1. The smallest absolute Gasteiger partial charge is 0.391 e. The van der Waals surface area contributed by atoms with E-state index in [2.05, 4.69) is 25.8 Å². The number of nitrogens with two attached hydrogens (primary N) is 1. The fourth-order valence-corrected chi connectivity index (χ4v) is 3.75. The summed E-state index contributed by atoms with van der Waals surface area (Å²) < 4.78 is 17.0. The zero-order chi connectivity index (χ0) is 20.9. The molecule has 6 nitrogen and oxygen atoms in total. The molecule has 1 aromatic heterocycles. The summed E-state index contributed by atoms with van der Waals surface area (Å²) in [5.74, 6) is 0.205. The molecule has 0 saturated carbocycles. The topological polar surface area (TPSA) is 83.7 Å². The summed E-state index contributed by atoms with van der Waals surface area (Å²) in [5.41, 5.74) is 7.50. The van der Waals surface area contributed by atoms with E-state index in [-0.39, 0.29) is 11.3 Å². The minimum atomic E-state index is -0.872. The van der Waals surface area contributed by atoms with E-state index in [1.807, 2.05) is 36.4 Å². The molecule has 156 valence electrons. The lowest BCUT2D eigenvalue weighted by Gasteiger charge is -2.33. The number of amides is 1. The van der Waals surface area contributed by atoms with Crippen LogP contribution in [-0.4, -0.2) is 24.3 Å². The SMILES string of the molecule is CC(C)(CCOCc1ccccc1)c1nc(OC(N)=O)ccc1C1(C)CCCO1. The minimum absolute atomic E-state index is 0.205. The van der Waals surface area contributed by atoms with Crippen LogP contribution in [0.15, 0.2) is 42.5 Å². The van der Waals surface area contributed by atoms with Gasteiger partial charge in [0.05, 0.1) is 17.9 Å². The second kappa shape index (κ2) is 8.93. The summed E-state index contributed by atoms with van der Waals surface area (Å²) in [5, 5.41) is 0. The van der Waals surface area contributed by atoms with Crippen LogP contribution in [0.25, 0.3) is 0 Å². The molecule has 1 aromatic carbocycles. The zero-order valence-corrected chi connectivity index (χ0v) is 17.4. The number of nitrogens with zero attached hydrogens (tertiary/aromatic N) is 1. The summed E-state index contributed by atoms with van der Waals surface area (Å²) in [6, 6.07) is 13.7. The van der Waals surface area contributed by atoms with Crippen LogP contribution in [0.3, 0.4) is 0 Å². The van der Waals surface area contributed by atoms with E-state index in [1.54, 1.807) is 6.07 Å². The lowest BCUT2D eigenvalue weighted by atomic mass is 9.78. The first-order chi connectivity index (χ1) is 13.8. The second-order valence-electron chi connectivity index (χ2n) is 8.32. The highest BCUT2D eigenvalue weighted by atomic mass is 16.6. The fraction of sp³-hybridized carbons (Fsp3) is 0.478. The molecule has 6 heteroatoms. The number of benzene rings is 1. The Bertz CT molecular complexity index is 830. The van der Waals surface area contributed by atoms with Gasteiger partial charge in [0.1, 0.15) is 0 Å². The van der Waals surface area contributed by atoms with E-state index in [0.717, 1.165) is 42.7 Å². The molecule has 0 bridgehead atoms. The molecule has 1 fully saturated rings. The highest BCUT2D eigenvalue weighted by Gasteiger charge is 2.38. The standard InChI is InChI=1S/C23H30N2O4/c1-22(2,13-15-27-16-17-8-5-4-6-9-17)20-18(23(3)12-7-14-28-23)10-11-19(25-20)29-21(24)26/h4-6,8-11H,7,12-16H2,1-3H3,(H2,24,26). The normalized spacial score (nSPS) is 19.3. The quantitative estimate of drug-likeness (QED) is 0.664. The van der Waals surface area contributed by atoms with Crippen LogP contribution in [0.2, 0.25) is 0 Å². The molecule has 1 aliphatic rings. The molecule has 2 aromatic rings. The number of primary amides is 1. The largest absolute Gasteiger partial charge is 0.411 e. The summed E-state index contributed by atoms with van der Waals surface area (Å²) >= 11 is 0. The number of rotatable bonds is 8. The molecule has 1 atom stereocenters. The average molecular weight is 399 g/mol. The Morgan fingerprint density at radius 3 is 2.66 bits per heavy atom. The van der Waals surface area contributed by atoms with Gasteiger partial charge in [0, 0.05) is 30.3 Å². The van der Waals surface area contributed by atoms with Crippen molar-refractivity contribution in [1.82, 2.24) is 4.98 Å². The molecular formula is C23H30N2O4. The van der Waals surface area contributed by atoms with E-state index in [9.17, 15) is 4.79 Å². The van der Waals surface area contributed by atoms with Crippen molar-refractivity contribution in [2.75, 3.05) is 13.2 Å². The summed E-state index contributed by atoms with van der Waals surface area (Å²) in [6.07, 6.45) is 1.83. The maximum absolute atomic E-state index is 11.2. The highest BCUT2D eigenvalue weighted by Crippen LogP contribution is 2.42. The first-order valence-corrected chi connectivity index (χ1v) is 10.1. The van der Waals surface area contributed by atoms with Crippen LogP contribution in [0.4, 0.5) is 4.79 Å². The Kier molecular flexibility index (Phi) is 6.55. The fourth-order valence-electron chi connectivity index (χ4n) is 3.75. The van der Waals surface area contributed by atoms with Crippen molar-refractivity contribution in [3.05, 3.63) is 59.3 Å². The van der Waals surface area contributed by atoms with E-state index in [1.165, 1.54) is 0 Å². The van der Waals surface area contributed by atoms with Gasteiger partial charge in [0.25, 0.3) is 0 Å². The van der Waals surface area contributed by atoms with Gasteiger partial charge in [-0.25, -0.2) is 9.78 Å². The first kappa shape index (κ1) is 21.3. The van der Waals surface area contributed by atoms with Crippen LogP contribution in [0.1, 0.15) is 56.9 Å². The van der Waals surface area contributed by atoms with Gasteiger partial charge in [-0.3, -0.25) is 0 Å². The predicted octanol–water partition coefficient (Wildman–Crippen LogP) is 4.45. The molecule has 0 spiro atoms. The van der Waals surface area contributed by atoms with Crippen LogP contribution < -0.4 is 10.5 Å². The van der Waals surface area contributed by atoms with Gasteiger partial charge < -0.3 is 19.9 Å². The molecule has 29 heavy (non-hydrogen) atoms. The molecule has 0 aliphatic carbocycles. The molecule has 1 amide bonds. The minimum Gasteiger partial charge on any atom is -0.391 e. The van der Waals surface area contributed by atoms with Crippen LogP contribution in [0, 0.1) is 0 Å². The average Bonchev–Trinajstić information content (AvgIpc) is 3.13. The summed E-state index contributed by atoms with van der Waals surface area (Å²) in [4.78, 5) is 15.8. The summed E-state index contributed by atoms with van der Waals surface area (Å²) in [6.45, 7) is 8.23. The van der Waals surface area contributed by atoms with Gasteiger partial charge >= 0.3 is 6.09 Å². The van der Waals surface area contributed by atoms with Crippen molar-refractivity contribution in [3.8, 4) is 5.88 Å². The van der Waals surface area contributed by atoms with Crippen molar-refractivity contribution in [2.45, 2.75) is 57.7 Å². The number of ether oxygens (including phenoxy) is 3. The molecule has 2 heterocycles. The Labute approximate surface area is 172 Å². The van der Waals surface area contributed by atoms with Gasteiger partial charge in [-0.2, -0.15) is 0 Å². The van der Waals surface area contributed by atoms with Gasteiger partial charge in [0.2, 0.25) is 5.88 Å². The number of carbonyl (C=O) groups excluding carboxylic acids is 1. The number of hydrogen-bond acceptors (Lipinski definition) is 5. The Morgan fingerprint density at radius 1 is 1.24 bits per heavy atom. The highest BCUT2D eigenvalue weighted by molar-refractivity contribution is 5.67. The Hall–Kier alpha value is -2.44. The van der Waals surface area contributed by atoms with Crippen molar-refractivity contribution in [2.24, 2.45) is 5.73 Å². The number of aromatic nitrogens is 1. The maximum atomic E-state index is 11.2. The zero-order valence-electron chi connectivity index (χ0n) is 17.4. The molecule has 1 unspecified atom stereocenters. The van der Waals surface area contributed by atoms with Gasteiger partial charge in [-0.15, -0.1) is 0 Å². The predicted molar refractivity (Wildman–Crippen MR) is 111 cm³/mol. The Morgan fingerprint density at radius 2 is 2.00 bits per heavy atom. The van der Waals surface area contributed by atoms with Crippen LogP contribution >= 0.6 is 0 Å². The lowest BCUT2D eigenvalue weighted by molar-refractivity contribution is 0.0144. The molecular weight excluding hydrogens is 368 g/mol. The number of hydrogen-bond donors (Lipinski definition) is 1. The van der Waals surface area contributed by atoms with E-state index >= 15 is 0 Å². The van der Waals surface area contributed by atoms with E-state index in [0.29, 0.717) is 13.2 Å². The molecule has 0 radical (unpaired) electrons. The van der Waals surface area contributed by atoms with Gasteiger partial charge in [-0.05, 0) is 37.8 Å². The molecule has 1 aliphatic heterocycles. The third-order valence-corrected chi connectivity index (χ3v) is 5.49. The van der Waals surface area contributed by atoms with Gasteiger partial charge in [0.15, 0.2) is 0 Å². The van der Waals surface area contributed by atoms with Gasteiger partial charge in [-0.1, -0.05) is 44.2 Å².